The summed E-state index contributed by atoms with van der Waals surface area (Å²) in [5.74, 6) is 0.480. The summed E-state index contributed by atoms with van der Waals surface area (Å²) in [4.78, 5) is 15.8. The van der Waals surface area contributed by atoms with Crippen LogP contribution in [0.5, 0.6) is 5.75 Å². The number of hydrazone groups is 1. The van der Waals surface area contributed by atoms with Crippen molar-refractivity contribution < 1.29 is 9.53 Å². The van der Waals surface area contributed by atoms with Gasteiger partial charge in [-0.15, -0.1) is 0 Å². The van der Waals surface area contributed by atoms with Gasteiger partial charge in [0.2, 0.25) is 0 Å². The number of aromatic amines is 2. The highest BCUT2D eigenvalue weighted by molar-refractivity contribution is 6.01. The second-order valence-corrected chi connectivity index (χ2v) is 7.66. The van der Waals surface area contributed by atoms with Crippen LogP contribution in [0.1, 0.15) is 47.9 Å². The molecule has 0 unspecified atom stereocenters. The van der Waals surface area contributed by atoms with Gasteiger partial charge in [0.1, 0.15) is 11.4 Å². The Bertz CT molecular complexity index is 1220. The summed E-state index contributed by atoms with van der Waals surface area (Å²) in [7, 11) is 0. The van der Waals surface area contributed by atoms with Gasteiger partial charge in [0.25, 0.3) is 5.91 Å². The van der Waals surface area contributed by atoms with E-state index in [1.165, 1.54) is 12.8 Å². The zero-order chi connectivity index (χ0) is 22.3. The number of hydrogen-bond acceptors (Lipinski definition) is 4. The fourth-order valence-electron chi connectivity index (χ4n) is 3.53. The maximum Gasteiger partial charge on any atom is 0.289 e. The molecule has 0 aliphatic heterocycles. The molecule has 2 aromatic heterocycles. The first kappa shape index (κ1) is 21.4. The van der Waals surface area contributed by atoms with Crippen LogP contribution in [0.25, 0.3) is 22.2 Å². The van der Waals surface area contributed by atoms with Crippen molar-refractivity contribution in [1.29, 1.82) is 0 Å². The lowest BCUT2D eigenvalue weighted by molar-refractivity contribution is 0.0950. The van der Waals surface area contributed by atoms with Gasteiger partial charge in [-0.2, -0.15) is 10.2 Å². The average Bonchev–Trinajstić information content (AvgIpc) is 3.42. The third-order valence-corrected chi connectivity index (χ3v) is 5.29. The van der Waals surface area contributed by atoms with Gasteiger partial charge in [-0.05, 0) is 49.7 Å². The number of para-hydroxylation sites is 1. The molecule has 0 fully saturated rings. The molecular weight excluding hydrogens is 402 g/mol. The van der Waals surface area contributed by atoms with Crippen molar-refractivity contribution in [1.82, 2.24) is 20.6 Å². The van der Waals surface area contributed by atoms with Crippen molar-refractivity contribution >= 4 is 23.0 Å². The van der Waals surface area contributed by atoms with E-state index < -0.39 is 0 Å². The number of H-pyrrole nitrogens is 2. The van der Waals surface area contributed by atoms with E-state index in [0.29, 0.717) is 11.4 Å². The van der Waals surface area contributed by atoms with Crippen molar-refractivity contribution in [3.05, 3.63) is 71.5 Å². The molecule has 7 nitrogen and oxygen atoms in total. The predicted octanol–water partition coefficient (Wildman–Crippen LogP) is 5.20. The van der Waals surface area contributed by atoms with E-state index in [9.17, 15) is 4.79 Å². The minimum absolute atomic E-state index is 0.340. The first-order valence-corrected chi connectivity index (χ1v) is 10.8. The summed E-state index contributed by atoms with van der Waals surface area (Å²) >= 11 is 0. The fourth-order valence-corrected chi connectivity index (χ4v) is 3.53. The summed E-state index contributed by atoms with van der Waals surface area (Å²) in [5, 5.41) is 12.2. The molecule has 0 spiro atoms. The largest absolute Gasteiger partial charge is 0.494 e. The van der Waals surface area contributed by atoms with Gasteiger partial charge < -0.3 is 9.72 Å². The summed E-state index contributed by atoms with van der Waals surface area (Å²) in [6, 6.07) is 17.4. The summed E-state index contributed by atoms with van der Waals surface area (Å²) in [6.07, 6.45) is 5.05. The number of carbonyl (C=O) groups is 1. The summed E-state index contributed by atoms with van der Waals surface area (Å²) in [5.41, 5.74) is 7.46. The van der Waals surface area contributed by atoms with Crippen molar-refractivity contribution in [3.63, 3.8) is 0 Å². The summed E-state index contributed by atoms with van der Waals surface area (Å²) < 4.78 is 5.74. The van der Waals surface area contributed by atoms with Crippen LogP contribution in [-0.2, 0) is 0 Å². The summed E-state index contributed by atoms with van der Waals surface area (Å²) in [6.45, 7) is 4.87. The van der Waals surface area contributed by atoms with Crippen LogP contribution in [0.2, 0.25) is 0 Å². The zero-order valence-electron chi connectivity index (χ0n) is 18.3. The Labute approximate surface area is 186 Å². The number of nitrogens with one attached hydrogen (secondary N) is 3. The zero-order valence-corrected chi connectivity index (χ0v) is 18.3. The van der Waals surface area contributed by atoms with Gasteiger partial charge in [-0.25, -0.2) is 5.43 Å². The fraction of sp³-hybridized carbons (Fsp3) is 0.240. The molecule has 0 atom stereocenters. The molecule has 0 saturated heterocycles. The smallest absolute Gasteiger partial charge is 0.289 e. The molecule has 1 amide bonds. The van der Waals surface area contributed by atoms with Gasteiger partial charge >= 0.3 is 0 Å². The van der Waals surface area contributed by atoms with E-state index in [2.05, 4.69) is 32.6 Å². The van der Waals surface area contributed by atoms with E-state index in [4.69, 9.17) is 4.74 Å². The molecule has 4 rings (SSSR count). The number of ether oxygens (including phenoxy) is 1. The second-order valence-electron chi connectivity index (χ2n) is 7.66. The van der Waals surface area contributed by atoms with Crippen molar-refractivity contribution in [3.8, 4) is 17.0 Å². The van der Waals surface area contributed by atoms with Gasteiger partial charge in [0.15, 0.2) is 0 Å². The highest BCUT2D eigenvalue weighted by Gasteiger charge is 2.11. The van der Waals surface area contributed by atoms with E-state index in [0.717, 1.165) is 46.5 Å². The Balaban J connectivity index is 1.37. The lowest BCUT2D eigenvalue weighted by Gasteiger charge is -2.06. The standard InChI is InChI=1S/C25H27N5O2/c1-3-4-7-14-32-19-12-10-18(11-13-19)23-15-24(29-28-23)25(31)30-26-16-21-17(2)27-22-9-6-5-8-20(21)22/h5-6,8-13,15-16,27H,3-4,7,14H2,1-2H3,(H,28,29)(H,30,31)/b26-16+. The van der Waals surface area contributed by atoms with Crippen LogP contribution in [0.3, 0.4) is 0 Å². The quantitative estimate of drug-likeness (QED) is 0.194. The number of amides is 1. The SMILES string of the molecule is CCCCCOc1ccc(-c2cc(C(=O)N/N=C/c3c(C)[nH]c4ccccc34)[nH]n2)cc1. The number of aryl methyl sites for hydroxylation is 1. The first-order valence-electron chi connectivity index (χ1n) is 10.8. The number of unbranched alkanes of at least 4 members (excludes halogenated alkanes) is 2. The van der Waals surface area contributed by atoms with E-state index in [-0.39, 0.29) is 5.91 Å². The Kier molecular flexibility index (Phi) is 6.65. The monoisotopic (exact) mass is 429 g/mol. The molecular formula is C25H27N5O2. The van der Waals surface area contributed by atoms with Crippen LogP contribution < -0.4 is 10.2 Å². The van der Waals surface area contributed by atoms with Crippen molar-refractivity contribution in [2.75, 3.05) is 6.61 Å². The second kappa shape index (κ2) is 9.96. The molecule has 0 aliphatic rings. The topological polar surface area (TPSA) is 95.2 Å². The maximum atomic E-state index is 12.5. The highest BCUT2D eigenvalue weighted by Crippen LogP contribution is 2.22. The molecule has 3 N–H and O–H groups in total. The van der Waals surface area contributed by atoms with Crippen LogP contribution in [0.15, 0.2) is 59.7 Å². The molecule has 0 saturated carbocycles. The number of aromatic nitrogens is 3. The van der Waals surface area contributed by atoms with Crippen molar-refractivity contribution in [2.45, 2.75) is 33.1 Å². The number of rotatable bonds is 9. The van der Waals surface area contributed by atoms with Gasteiger partial charge in [-0.3, -0.25) is 9.89 Å². The van der Waals surface area contributed by atoms with E-state index in [1.54, 1.807) is 12.3 Å². The number of benzene rings is 2. The Morgan fingerprint density at radius 2 is 1.97 bits per heavy atom. The predicted molar refractivity (Wildman–Crippen MR) is 127 cm³/mol. The maximum absolute atomic E-state index is 12.5. The molecule has 0 radical (unpaired) electrons. The molecule has 0 bridgehead atoms. The van der Waals surface area contributed by atoms with Crippen molar-refractivity contribution in [2.24, 2.45) is 5.10 Å². The van der Waals surface area contributed by atoms with Gasteiger partial charge in [-0.1, -0.05) is 38.0 Å². The highest BCUT2D eigenvalue weighted by atomic mass is 16.5. The Morgan fingerprint density at radius 1 is 1.16 bits per heavy atom. The molecule has 2 heterocycles. The Hall–Kier alpha value is -3.87. The third kappa shape index (κ3) is 4.88. The Morgan fingerprint density at radius 3 is 2.78 bits per heavy atom. The molecule has 4 aromatic rings. The molecule has 164 valence electrons. The van der Waals surface area contributed by atoms with E-state index >= 15 is 0 Å². The molecule has 2 aromatic carbocycles. The third-order valence-electron chi connectivity index (χ3n) is 5.29. The average molecular weight is 430 g/mol. The van der Waals surface area contributed by atoms with E-state index in [1.807, 2.05) is 55.5 Å². The normalized spacial score (nSPS) is 11.3. The molecule has 7 heteroatoms. The van der Waals surface area contributed by atoms with Gasteiger partial charge in [0, 0.05) is 27.7 Å². The van der Waals surface area contributed by atoms with Crippen LogP contribution in [0, 0.1) is 6.92 Å². The van der Waals surface area contributed by atoms with Crippen LogP contribution in [-0.4, -0.2) is 33.9 Å². The number of nitrogens with zero attached hydrogens (tertiary/aromatic N) is 2. The molecule has 32 heavy (non-hydrogen) atoms. The lowest BCUT2D eigenvalue weighted by Crippen LogP contribution is -2.18. The number of hydrogen-bond donors (Lipinski definition) is 3. The first-order chi connectivity index (χ1) is 15.7. The van der Waals surface area contributed by atoms with Crippen LogP contribution in [0.4, 0.5) is 0 Å². The van der Waals surface area contributed by atoms with Crippen LogP contribution >= 0.6 is 0 Å². The van der Waals surface area contributed by atoms with Gasteiger partial charge in [0.05, 0.1) is 18.5 Å². The number of fused-ring (bicyclic) bond motifs is 1. The number of carbonyl (C=O) groups excluding carboxylic acids is 1. The molecule has 0 aliphatic carbocycles. The minimum Gasteiger partial charge on any atom is -0.494 e. The minimum atomic E-state index is -0.353. The lowest BCUT2D eigenvalue weighted by atomic mass is 10.1.